The maximum atomic E-state index is 12.0. The number of carbonyl (C=O) groups excluding carboxylic acids is 1. The number of aromatic nitrogens is 2. The molecule has 18 heavy (non-hydrogen) atoms. The lowest BCUT2D eigenvalue weighted by atomic mass is 10.1. The van der Waals surface area contributed by atoms with Crippen LogP contribution in [0.5, 0.6) is 0 Å². The van der Waals surface area contributed by atoms with Crippen LogP contribution < -0.4 is 10.6 Å². The second-order valence-corrected chi connectivity index (χ2v) is 4.45. The van der Waals surface area contributed by atoms with Gasteiger partial charge < -0.3 is 10.6 Å². The molecule has 1 unspecified atom stereocenters. The van der Waals surface area contributed by atoms with Crippen molar-refractivity contribution in [3.05, 3.63) is 34.8 Å². The van der Waals surface area contributed by atoms with E-state index in [-0.39, 0.29) is 24.4 Å². The monoisotopic (exact) mass is 286 g/mol. The van der Waals surface area contributed by atoms with Crippen LogP contribution in [0.4, 0.5) is 5.69 Å². The van der Waals surface area contributed by atoms with Crippen molar-refractivity contribution < 1.29 is 4.79 Å². The SMILES string of the molecule is CNC(C(=O)Nc1ccsc1)c1cnn(C)c1.Cl. The van der Waals surface area contributed by atoms with Crippen LogP contribution in [0.15, 0.2) is 29.2 Å². The van der Waals surface area contributed by atoms with Gasteiger partial charge in [-0.25, -0.2) is 0 Å². The Bertz CT molecular complexity index is 497. The molecule has 2 heterocycles. The summed E-state index contributed by atoms with van der Waals surface area (Å²) in [7, 11) is 3.58. The number of amides is 1. The highest BCUT2D eigenvalue weighted by Crippen LogP contribution is 2.16. The number of likely N-dealkylation sites (N-methyl/N-ethyl adjacent to an activating group) is 1. The van der Waals surface area contributed by atoms with E-state index in [0.29, 0.717) is 0 Å². The van der Waals surface area contributed by atoms with Crippen LogP contribution in [0.1, 0.15) is 11.6 Å². The quantitative estimate of drug-likeness (QED) is 0.901. The Morgan fingerprint density at radius 2 is 2.33 bits per heavy atom. The van der Waals surface area contributed by atoms with E-state index < -0.39 is 0 Å². The molecule has 7 heteroatoms. The van der Waals surface area contributed by atoms with Crippen LogP contribution in [0, 0.1) is 0 Å². The fourth-order valence-electron chi connectivity index (χ4n) is 1.59. The molecule has 1 amide bonds. The van der Waals surface area contributed by atoms with Gasteiger partial charge in [-0.1, -0.05) is 0 Å². The molecule has 5 nitrogen and oxygen atoms in total. The number of halogens is 1. The average Bonchev–Trinajstić information content (AvgIpc) is 2.91. The van der Waals surface area contributed by atoms with Gasteiger partial charge in [-0.2, -0.15) is 16.4 Å². The third kappa shape index (κ3) is 3.32. The summed E-state index contributed by atoms with van der Waals surface area (Å²) < 4.78 is 1.68. The van der Waals surface area contributed by atoms with E-state index in [1.54, 1.807) is 29.3 Å². The molecule has 2 N–H and O–H groups in total. The van der Waals surface area contributed by atoms with E-state index in [2.05, 4.69) is 15.7 Å². The van der Waals surface area contributed by atoms with E-state index in [9.17, 15) is 4.79 Å². The zero-order chi connectivity index (χ0) is 12.3. The summed E-state index contributed by atoms with van der Waals surface area (Å²) in [5.74, 6) is -0.0844. The van der Waals surface area contributed by atoms with Crippen LogP contribution >= 0.6 is 23.7 Å². The van der Waals surface area contributed by atoms with Gasteiger partial charge in [-0.05, 0) is 18.5 Å². The molecule has 2 aromatic rings. The molecule has 0 aromatic carbocycles. The Morgan fingerprint density at radius 1 is 1.56 bits per heavy atom. The molecule has 0 aliphatic heterocycles. The van der Waals surface area contributed by atoms with Crippen LogP contribution in [0.2, 0.25) is 0 Å². The minimum Gasteiger partial charge on any atom is -0.324 e. The van der Waals surface area contributed by atoms with Crippen LogP contribution in [0.25, 0.3) is 0 Å². The first kappa shape index (κ1) is 14.7. The van der Waals surface area contributed by atoms with Crippen molar-refractivity contribution in [2.75, 3.05) is 12.4 Å². The minimum atomic E-state index is -0.386. The Labute approximate surface area is 116 Å². The van der Waals surface area contributed by atoms with Crippen molar-refractivity contribution >= 4 is 35.3 Å². The highest BCUT2D eigenvalue weighted by atomic mass is 35.5. The van der Waals surface area contributed by atoms with E-state index in [0.717, 1.165) is 11.3 Å². The normalized spacial score (nSPS) is 11.7. The van der Waals surface area contributed by atoms with Crippen LogP contribution in [-0.4, -0.2) is 22.7 Å². The van der Waals surface area contributed by atoms with Crippen molar-refractivity contribution in [1.29, 1.82) is 0 Å². The highest BCUT2D eigenvalue weighted by Gasteiger charge is 2.20. The molecular weight excluding hydrogens is 272 g/mol. The average molecular weight is 287 g/mol. The molecule has 2 rings (SSSR count). The number of rotatable bonds is 4. The molecule has 0 saturated heterocycles. The van der Waals surface area contributed by atoms with Gasteiger partial charge in [0.15, 0.2) is 0 Å². The number of anilines is 1. The van der Waals surface area contributed by atoms with Crippen LogP contribution in [0.3, 0.4) is 0 Å². The van der Waals surface area contributed by atoms with Gasteiger partial charge in [-0.15, -0.1) is 12.4 Å². The number of hydrogen-bond donors (Lipinski definition) is 2. The number of nitrogens with one attached hydrogen (secondary N) is 2. The number of hydrogen-bond acceptors (Lipinski definition) is 4. The fraction of sp³-hybridized carbons (Fsp3) is 0.273. The van der Waals surface area contributed by atoms with Crippen molar-refractivity contribution in [3.63, 3.8) is 0 Å². The zero-order valence-electron chi connectivity index (χ0n) is 10.1. The molecule has 0 saturated carbocycles. The van der Waals surface area contributed by atoms with Crippen molar-refractivity contribution in [2.24, 2.45) is 7.05 Å². The first-order chi connectivity index (χ1) is 8.20. The predicted octanol–water partition coefficient (Wildman–Crippen LogP) is 1.80. The Balaban J connectivity index is 0.00000162. The van der Waals surface area contributed by atoms with Crippen molar-refractivity contribution in [3.8, 4) is 0 Å². The second kappa shape index (κ2) is 6.53. The molecular formula is C11H15ClN4OS. The second-order valence-electron chi connectivity index (χ2n) is 3.67. The minimum absolute atomic E-state index is 0. The van der Waals surface area contributed by atoms with Gasteiger partial charge in [0.25, 0.3) is 0 Å². The molecule has 0 radical (unpaired) electrons. The number of thiophene rings is 1. The highest BCUT2D eigenvalue weighted by molar-refractivity contribution is 7.08. The summed E-state index contributed by atoms with van der Waals surface area (Å²) in [6, 6.07) is 1.49. The van der Waals surface area contributed by atoms with Gasteiger partial charge in [0, 0.05) is 24.2 Å². The molecule has 0 fully saturated rings. The summed E-state index contributed by atoms with van der Waals surface area (Å²) >= 11 is 1.55. The third-order valence-electron chi connectivity index (χ3n) is 2.40. The molecule has 98 valence electrons. The maximum absolute atomic E-state index is 12.0. The first-order valence-electron chi connectivity index (χ1n) is 5.19. The van der Waals surface area contributed by atoms with E-state index in [1.807, 2.05) is 30.1 Å². The van der Waals surface area contributed by atoms with Crippen molar-refractivity contribution in [1.82, 2.24) is 15.1 Å². The maximum Gasteiger partial charge on any atom is 0.246 e. The third-order valence-corrected chi connectivity index (χ3v) is 3.08. The van der Waals surface area contributed by atoms with Gasteiger partial charge in [0.2, 0.25) is 5.91 Å². The summed E-state index contributed by atoms with van der Waals surface area (Å²) in [4.78, 5) is 12.0. The topological polar surface area (TPSA) is 59.0 Å². The van der Waals surface area contributed by atoms with Gasteiger partial charge in [0.1, 0.15) is 6.04 Å². The molecule has 0 bridgehead atoms. The first-order valence-corrected chi connectivity index (χ1v) is 6.14. The lowest BCUT2D eigenvalue weighted by Gasteiger charge is -2.13. The van der Waals surface area contributed by atoms with E-state index in [4.69, 9.17) is 0 Å². The van der Waals surface area contributed by atoms with Crippen molar-refractivity contribution in [2.45, 2.75) is 6.04 Å². The fourth-order valence-corrected chi connectivity index (χ4v) is 2.18. The largest absolute Gasteiger partial charge is 0.324 e. The standard InChI is InChI=1S/C11H14N4OS.ClH/c1-12-10(8-5-13-15(2)6-8)11(16)14-9-3-4-17-7-9;/h3-7,10,12H,1-2H3,(H,14,16);1H. The smallest absolute Gasteiger partial charge is 0.246 e. The molecule has 0 aliphatic carbocycles. The lowest BCUT2D eigenvalue weighted by molar-refractivity contribution is -0.118. The summed E-state index contributed by atoms with van der Waals surface area (Å²) in [6.45, 7) is 0. The molecule has 0 spiro atoms. The zero-order valence-corrected chi connectivity index (χ0v) is 11.7. The van der Waals surface area contributed by atoms with Crippen LogP contribution in [-0.2, 0) is 11.8 Å². The van der Waals surface area contributed by atoms with Gasteiger partial charge in [0.05, 0.1) is 11.9 Å². The van der Waals surface area contributed by atoms with Gasteiger partial charge in [-0.3, -0.25) is 9.48 Å². The molecule has 1 atom stereocenters. The lowest BCUT2D eigenvalue weighted by Crippen LogP contribution is -2.30. The Kier molecular flexibility index (Phi) is 5.33. The predicted molar refractivity (Wildman–Crippen MR) is 75.2 cm³/mol. The molecule has 0 aliphatic rings. The number of nitrogens with zero attached hydrogens (tertiary/aromatic N) is 2. The summed E-state index contributed by atoms with van der Waals surface area (Å²) in [5.41, 5.74) is 1.67. The number of carbonyl (C=O) groups is 1. The Hall–Kier alpha value is -1.37. The number of aryl methyl sites for hydroxylation is 1. The summed E-state index contributed by atoms with van der Waals surface area (Å²) in [5, 5.41) is 13.7. The van der Waals surface area contributed by atoms with Gasteiger partial charge >= 0.3 is 0 Å². The van der Waals surface area contributed by atoms with E-state index in [1.165, 1.54) is 0 Å². The Morgan fingerprint density at radius 3 is 2.83 bits per heavy atom. The summed E-state index contributed by atoms with van der Waals surface area (Å²) in [6.07, 6.45) is 3.52. The van der Waals surface area contributed by atoms with E-state index >= 15 is 0 Å². The molecule has 2 aromatic heterocycles.